The molecule has 0 amide bonds. The lowest BCUT2D eigenvalue weighted by Gasteiger charge is -2.01. The molecule has 3 N–H and O–H groups in total. The van der Waals surface area contributed by atoms with Crippen molar-refractivity contribution in [2.75, 3.05) is 39.6 Å². The fourth-order valence-corrected chi connectivity index (χ4v) is 0.451. The van der Waals surface area contributed by atoms with Gasteiger partial charge < -0.3 is 24.8 Å². The average Bonchev–Trinajstić information content (AvgIpc) is 2.24. The fourth-order valence-electron chi connectivity index (χ4n) is 0.451. The minimum atomic E-state index is -1.29. The van der Waals surface area contributed by atoms with Gasteiger partial charge in [-0.25, -0.2) is 4.79 Å². The molecule has 0 fully saturated rings. The molecule has 16 heavy (non-hydrogen) atoms. The first-order chi connectivity index (χ1) is 7.56. The van der Waals surface area contributed by atoms with Crippen molar-refractivity contribution in [3.05, 3.63) is 0 Å². The first kappa shape index (κ1) is 18.3. The summed E-state index contributed by atoms with van der Waals surface area (Å²) < 4.78 is 9.75. The van der Waals surface area contributed by atoms with Crippen LogP contribution in [0.2, 0.25) is 0 Å². The first-order valence-electron chi connectivity index (χ1n) is 4.44. The largest absolute Gasteiger partial charge is 0.479 e. The van der Waals surface area contributed by atoms with Crippen molar-refractivity contribution in [2.24, 2.45) is 0 Å². The van der Waals surface area contributed by atoms with Gasteiger partial charge in [-0.2, -0.15) is 0 Å². The minimum absolute atomic E-state index is 0.0417. The van der Waals surface area contributed by atoms with Crippen LogP contribution in [0.15, 0.2) is 0 Å². The number of hydrogen-bond donors (Lipinski definition) is 3. The van der Waals surface area contributed by atoms with Crippen molar-refractivity contribution in [3.63, 3.8) is 0 Å². The average molecular weight is 279 g/mol. The number of carboxylic acids is 1. The van der Waals surface area contributed by atoms with Crippen LogP contribution in [0.5, 0.6) is 0 Å². The number of aliphatic hydroxyl groups is 2. The highest BCUT2D eigenvalue weighted by molar-refractivity contribution is 6.52. The molecule has 6 nitrogen and oxygen atoms in total. The standard InChI is InChI=1S/C6H14O4.C2H2Cl2O2/c7-1-3-9-5-6-10-4-2-8;3-1(4)2(5)6/h7-8H,1-6H2;1H,(H,5,6). The maximum absolute atomic E-state index is 9.44. The molecule has 0 heterocycles. The van der Waals surface area contributed by atoms with Gasteiger partial charge in [0.15, 0.2) is 0 Å². The Morgan fingerprint density at radius 1 is 1.00 bits per heavy atom. The molecule has 0 aromatic rings. The second-order valence-corrected chi connectivity index (χ2v) is 3.41. The number of hydrogen-bond acceptors (Lipinski definition) is 5. The summed E-state index contributed by atoms with van der Waals surface area (Å²) in [6, 6.07) is 0. The third-order valence-electron chi connectivity index (χ3n) is 1.03. The summed E-state index contributed by atoms with van der Waals surface area (Å²) in [6.07, 6.45) is 0. The number of aliphatic hydroxyl groups excluding tert-OH is 2. The van der Waals surface area contributed by atoms with E-state index in [9.17, 15) is 4.79 Å². The summed E-state index contributed by atoms with van der Waals surface area (Å²) >= 11 is 9.56. The molecule has 0 unspecified atom stereocenters. The Morgan fingerprint density at radius 3 is 1.50 bits per heavy atom. The number of rotatable bonds is 8. The zero-order valence-electron chi connectivity index (χ0n) is 8.64. The Balaban J connectivity index is 0. The predicted octanol–water partition coefficient (Wildman–Crippen LogP) is -0.121. The van der Waals surface area contributed by atoms with Gasteiger partial charge in [-0.1, -0.05) is 23.2 Å². The van der Waals surface area contributed by atoms with Crippen molar-refractivity contribution < 1.29 is 29.6 Å². The molecule has 0 atom stereocenters. The molecule has 0 saturated heterocycles. The highest BCUT2D eigenvalue weighted by Crippen LogP contribution is 1.98. The van der Waals surface area contributed by atoms with Crippen LogP contribution < -0.4 is 0 Å². The topological polar surface area (TPSA) is 96.2 Å². The van der Waals surface area contributed by atoms with E-state index in [0.29, 0.717) is 26.4 Å². The van der Waals surface area contributed by atoms with Crippen molar-refractivity contribution in [3.8, 4) is 0 Å². The van der Waals surface area contributed by atoms with E-state index in [-0.39, 0.29) is 13.2 Å². The van der Waals surface area contributed by atoms with Crippen LogP contribution in [-0.2, 0) is 14.3 Å². The van der Waals surface area contributed by atoms with Crippen LogP contribution in [0.4, 0.5) is 0 Å². The Labute approximate surface area is 104 Å². The number of halogens is 2. The Bertz CT molecular complexity index is 147. The van der Waals surface area contributed by atoms with Gasteiger partial charge in [-0.15, -0.1) is 0 Å². The minimum Gasteiger partial charge on any atom is -0.479 e. The fraction of sp³-hybridized carbons (Fsp3) is 0.875. The van der Waals surface area contributed by atoms with Gasteiger partial charge in [-0.3, -0.25) is 0 Å². The van der Waals surface area contributed by atoms with Crippen LogP contribution in [0.25, 0.3) is 0 Å². The van der Waals surface area contributed by atoms with E-state index in [2.05, 4.69) is 0 Å². The van der Waals surface area contributed by atoms with Crippen molar-refractivity contribution in [1.82, 2.24) is 0 Å². The Kier molecular flexibility index (Phi) is 17.0. The van der Waals surface area contributed by atoms with Crippen molar-refractivity contribution >= 4 is 29.2 Å². The third-order valence-corrected chi connectivity index (χ3v) is 1.40. The smallest absolute Gasteiger partial charge is 0.337 e. The summed E-state index contributed by atoms with van der Waals surface area (Å²) in [5.41, 5.74) is 0. The van der Waals surface area contributed by atoms with Crippen molar-refractivity contribution in [1.29, 1.82) is 0 Å². The van der Waals surface area contributed by atoms with Gasteiger partial charge in [0.2, 0.25) is 4.84 Å². The molecule has 0 spiro atoms. The van der Waals surface area contributed by atoms with Crippen LogP contribution in [0.1, 0.15) is 0 Å². The van der Waals surface area contributed by atoms with E-state index in [1.54, 1.807) is 0 Å². The van der Waals surface area contributed by atoms with Crippen LogP contribution >= 0.6 is 23.2 Å². The maximum Gasteiger partial charge on any atom is 0.337 e. The molecular formula is C8H16Cl2O6. The molecule has 0 bridgehead atoms. The lowest BCUT2D eigenvalue weighted by molar-refractivity contribution is -0.135. The predicted molar refractivity (Wildman–Crippen MR) is 58.9 cm³/mol. The monoisotopic (exact) mass is 278 g/mol. The summed E-state index contributed by atoms with van der Waals surface area (Å²) in [6.45, 7) is 1.73. The third kappa shape index (κ3) is 19.5. The second-order valence-electron chi connectivity index (χ2n) is 2.31. The zero-order chi connectivity index (χ0) is 12.8. The Hall–Kier alpha value is -0.110. The molecule has 0 aliphatic rings. The molecule has 0 aliphatic carbocycles. The summed E-state index contributed by atoms with van der Waals surface area (Å²) in [5.74, 6) is -1.21. The Morgan fingerprint density at radius 2 is 1.31 bits per heavy atom. The zero-order valence-corrected chi connectivity index (χ0v) is 10.2. The molecular weight excluding hydrogens is 263 g/mol. The summed E-state index contributed by atoms with van der Waals surface area (Å²) in [7, 11) is 0. The van der Waals surface area contributed by atoms with Crippen LogP contribution in [-0.4, -0.2) is 65.8 Å². The van der Waals surface area contributed by atoms with Crippen LogP contribution in [0, 0.1) is 0 Å². The quantitative estimate of drug-likeness (QED) is 0.423. The summed E-state index contributed by atoms with van der Waals surface area (Å²) in [5, 5.41) is 24.3. The molecule has 0 aromatic heterocycles. The molecule has 0 saturated carbocycles. The lowest BCUT2D eigenvalue weighted by Crippen LogP contribution is -2.09. The van der Waals surface area contributed by atoms with Gasteiger partial charge in [-0.05, 0) is 0 Å². The number of aliphatic carboxylic acids is 1. The number of carbonyl (C=O) groups is 1. The molecule has 0 aliphatic heterocycles. The highest BCUT2D eigenvalue weighted by Gasteiger charge is 2.05. The van der Waals surface area contributed by atoms with E-state index in [1.165, 1.54) is 0 Å². The van der Waals surface area contributed by atoms with Gasteiger partial charge >= 0.3 is 5.97 Å². The molecule has 8 heteroatoms. The van der Waals surface area contributed by atoms with Gasteiger partial charge in [0.25, 0.3) is 0 Å². The highest BCUT2D eigenvalue weighted by atomic mass is 35.5. The second kappa shape index (κ2) is 14.9. The molecule has 0 aromatic carbocycles. The van der Waals surface area contributed by atoms with E-state index in [1.807, 2.05) is 0 Å². The SMILES string of the molecule is O=C(O)C(Cl)Cl.OCCOCCOCCO. The first-order valence-corrected chi connectivity index (χ1v) is 5.31. The van der Waals surface area contributed by atoms with Crippen LogP contribution in [0.3, 0.4) is 0 Å². The number of alkyl halides is 2. The normalized spacial score (nSPS) is 9.81. The lowest BCUT2D eigenvalue weighted by atomic mass is 10.7. The van der Waals surface area contributed by atoms with E-state index >= 15 is 0 Å². The van der Waals surface area contributed by atoms with Crippen molar-refractivity contribution in [2.45, 2.75) is 4.84 Å². The van der Waals surface area contributed by atoms with E-state index in [4.69, 9.17) is 48.0 Å². The summed E-state index contributed by atoms with van der Waals surface area (Å²) in [4.78, 5) is 8.15. The van der Waals surface area contributed by atoms with Gasteiger partial charge in [0.1, 0.15) is 0 Å². The van der Waals surface area contributed by atoms with Gasteiger partial charge in [0, 0.05) is 0 Å². The number of ether oxygens (including phenoxy) is 2. The molecule has 0 radical (unpaired) electrons. The molecule has 98 valence electrons. The maximum atomic E-state index is 9.44. The van der Waals surface area contributed by atoms with Gasteiger partial charge in [0.05, 0.1) is 39.6 Å². The number of carboxylic acid groups (broad SMARTS) is 1. The van der Waals surface area contributed by atoms with E-state index in [0.717, 1.165) is 0 Å². The van der Waals surface area contributed by atoms with E-state index < -0.39 is 10.8 Å². The molecule has 0 rings (SSSR count).